The lowest BCUT2D eigenvalue weighted by Crippen LogP contribution is -2.23. The Hall–Kier alpha value is -0.570. The van der Waals surface area contributed by atoms with E-state index in [4.69, 9.17) is 5.11 Å². The van der Waals surface area contributed by atoms with Gasteiger partial charge in [0.25, 0.3) is 0 Å². The molecule has 2 fully saturated rings. The summed E-state index contributed by atoms with van der Waals surface area (Å²) < 4.78 is 0. The molecule has 3 heteroatoms. The second kappa shape index (κ2) is 3.66. The van der Waals surface area contributed by atoms with E-state index in [1.54, 1.807) is 0 Å². The molecule has 2 aliphatic carbocycles. The first kappa shape index (κ1) is 9.00. The third-order valence-electron chi connectivity index (χ3n) is 3.16. The Morgan fingerprint density at radius 3 is 2.62 bits per heavy atom. The molecule has 13 heavy (non-hydrogen) atoms. The minimum Gasteiger partial charge on any atom is -0.481 e. The molecule has 2 N–H and O–H groups in total. The molecular weight excluding hydrogens is 166 g/mol. The van der Waals surface area contributed by atoms with Crippen LogP contribution in [-0.4, -0.2) is 23.7 Å². The van der Waals surface area contributed by atoms with Gasteiger partial charge >= 0.3 is 5.97 Å². The maximum atomic E-state index is 10.7. The Bertz CT molecular complexity index is 201. The van der Waals surface area contributed by atoms with E-state index in [9.17, 15) is 4.79 Å². The summed E-state index contributed by atoms with van der Waals surface area (Å²) in [5, 5.41) is 12.3. The minimum atomic E-state index is -0.603. The van der Waals surface area contributed by atoms with Crippen LogP contribution >= 0.6 is 0 Å². The fourth-order valence-corrected chi connectivity index (χ4v) is 2.11. The second-order valence-corrected chi connectivity index (χ2v) is 4.40. The molecule has 2 saturated carbocycles. The van der Waals surface area contributed by atoms with E-state index in [1.165, 1.54) is 12.8 Å². The Morgan fingerprint density at radius 1 is 1.31 bits per heavy atom. The van der Waals surface area contributed by atoms with Crippen LogP contribution < -0.4 is 5.32 Å². The van der Waals surface area contributed by atoms with Crippen LogP contribution in [0, 0.1) is 11.8 Å². The van der Waals surface area contributed by atoms with Crippen molar-refractivity contribution in [1.29, 1.82) is 0 Å². The molecule has 74 valence electrons. The number of carbonyl (C=O) groups is 1. The van der Waals surface area contributed by atoms with Gasteiger partial charge in [0.15, 0.2) is 0 Å². The summed E-state index contributed by atoms with van der Waals surface area (Å²) in [6.45, 7) is 1.04. The van der Waals surface area contributed by atoms with E-state index in [1.807, 2.05) is 0 Å². The van der Waals surface area contributed by atoms with Gasteiger partial charge in [0, 0.05) is 6.04 Å². The SMILES string of the molecule is O=C(O)C1CCC(CNC2CC2)C1. The number of hydrogen-bond donors (Lipinski definition) is 2. The number of carboxylic acids is 1. The molecule has 3 nitrogen and oxygen atoms in total. The lowest BCUT2D eigenvalue weighted by molar-refractivity contribution is -0.141. The van der Waals surface area contributed by atoms with Crippen LogP contribution in [0.4, 0.5) is 0 Å². The minimum absolute atomic E-state index is 0.0639. The van der Waals surface area contributed by atoms with Crippen LogP contribution in [0.15, 0.2) is 0 Å². The number of aliphatic carboxylic acids is 1. The van der Waals surface area contributed by atoms with Gasteiger partial charge in [0.05, 0.1) is 5.92 Å². The van der Waals surface area contributed by atoms with Crippen LogP contribution in [0.3, 0.4) is 0 Å². The molecule has 0 aromatic carbocycles. The molecule has 0 aromatic rings. The third-order valence-corrected chi connectivity index (χ3v) is 3.16. The van der Waals surface area contributed by atoms with Crippen LogP contribution in [-0.2, 0) is 4.79 Å². The molecule has 0 bridgehead atoms. The van der Waals surface area contributed by atoms with Gasteiger partial charge in [-0.2, -0.15) is 0 Å². The van der Waals surface area contributed by atoms with E-state index < -0.39 is 5.97 Å². The summed E-state index contributed by atoms with van der Waals surface area (Å²) in [4.78, 5) is 10.7. The molecule has 0 aliphatic heterocycles. The Morgan fingerprint density at radius 2 is 2.08 bits per heavy atom. The second-order valence-electron chi connectivity index (χ2n) is 4.40. The highest BCUT2D eigenvalue weighted by Gasteiger charge is 2.30. The summed E-state index contributed by atoms with van der Waals surface area (Å²) in [6.07, 6.45) is 5.49. The smallest absolute Gasteiger partial charge is 0.306 e. The monoisotopic (exact) mass is 183 g/mol. The number of nitrogens with one attached hydrogen (secondary N) is 1. The van der Waals surface area contributed by atoms with Gasteiger partial charge in [-0.15, -0.1) is 0 Å². The molecule has 0 radical (unpaired) electrons. The van der Waals surface area contributed by atoms with Gasteiger partial charge in [-0.3, -0.25) is 4.79 Å². The molecule has 2 rings (SSSR count). The van der Waals surface area contributed by atoms with Gasteiger partial charge in [-0.05, 0) is 44.6 Å². The average Bonchev–Trinajstić information content (AvgIpc) is 2.79. The summed E-state index contributed by atoms with van der Waals surface area (Å²) >= 11 is 0. The molecule has 2 aliphatic rings. The van der Waals surface area contributed by atoms with Gasteiger partial charge in [-0.1, -0.05) is 0 Å². The standard InChI is InChI=1S/C10H17NO2/c12-10(13)8-2-1-7(5-8)6-11-9-3-4-9/h7-9,11H,1-6H2,(H,12,13). The zero-order valence-corrected chi connectivity index (χ0v) is 7.83. The Balaban J connectivity index is 1.67. The molecule has 0 spiro atoms. The van der Waals surface area contributed by atoms with E-state index in [2.05, 4.69) is 5.32 Å². The van der Waals surface area contributed by atoms with Crippen molar-refractivity contribution >= 4 is 5.97 Å². The molecule has 2 unspecified atom stereocenters. The van der Waals surface area contributed by atoms with Crippen molar-refractivity contribution in [2.45, 2.75) is 38.1 Å². The fraction of sp³-hybridized carbons (Fsp3) is 0.900. The highest BCUT2D eigenvalue weighted by atomic mass is 16.4. The van der Waals surface area contributed by atoms with Crippen LogP contribution in [0.2, 0.25) is 0 Å². The van der Waals surface area contributed by atoms with Crippen molar-refractivity contribution in [3.63, 3.8) is 0 Å². The Kier molecular flexibility index (Phi) is 2.54. The Labute approximate surface area is 78.5 Å². The largest absolute Gasteiger partial charge is 0.481 e. The van der Waals surface area contributed by atoms with Crippen molar-refractivity contribution < 1.29 is 9.90 Å². The maximum Gasteiger partial charge on any atom is 0.306 e. The van der Waals surface area contributed by atoms with Crippen LogP contribution in [0.25, 0.3) is 0 Å². The number of hydrogen-bond acceptors (Lipinski definition) is 2. The van der Waals surface area contributed by atoms with Crippen LogP contribution in [0.5, 0.6) is 0 Å². The third kappa shape index (κ3) is 2.44. The van der Waals surface area contributed by atoms with Gasteiger partial charge < -0.3 is 10.4 Å². The predicted molar refractivity (Wildman–Crippen MR) is 49.5 cm³/mol. The number of rotatable bonds is 4. The van der Waals surface area contributed by atoms with Gasteiger partial charge in [0.1, 0.15) is 0 Å². The van der Waals surface area contributed by atoms with Crippen molar-refractivity contribution in [2.24, 2.45) is 11.8 Å². The zero-order valence-electron chi connectivity index (χ0n) is 7.83. The van der Waals surface area contributed by atoms with E-state index in [0.29, 0.717) is 5.92 Å². The van der Waals surface area contributed by atoms with Crippen molar-refractivity contribution in [3.05, 3.63) is 0 Å². The summed E-state index contributed by atoms with van der Waals surface area (Å²) in [7, 11) is 0. The quantitative estimate of drug-likeness (QED) is 0.689. The fourth-order valence-electron chi connectivity index (χ4n) is 2.11. The van der Waals surface area contributed by atoms with Gasteiger partial charge in [0.2, 0.25) is 0 Å². The normalized spacial score (nSPS) is 33.5. The van der Waals surface area contributed by atoms with Gasteiger partial charge in [-0.25, -0.2) is 0 Å². The highest BCUT2D eigenvalue weighted by molar-refractivity contribution is 5.70. The molecule has 0 aromatic heterocycles. The first-order valence-electron chi connectivity index (χ1n) is 5.22. The molecule has 0 saturated heterocycles. The van der Waals surface area contributed by atoms with E-state index >= 15 is 0 Å². The average molecular weight is 183 g/mol. The van der Waals surface area contributed by atoms with Crippen molar-refractivity contribution in [1.82, 2.24) is 5.32 Å². The first-order valence-corrected chi connectivity index (χ1v) is 5.22. The number of carboxylic acid groups (broad SMARTS) is 1. The molecular formula is C10H17NO2. The lowest BCUT2D eigenvalue weighted by Gasteiger charge is -2.09. The summed E-state index contributed by atoms with van der Waals surface area (Å²) in [6, 6.07) is 0.754. The first-order chi connectivity index (χ1) is 6.25. The molecule has 0 heterocycles. The highest BCUT2D eigenvalue weighted by Crippen LogP contribution is 2.31. The predicted octanol–water partition coefficient (Wildman–Crippen LogP) is 1.24. The maximum absolute atomic E-state index is 10.7. The zero-order chi connectivity index (χ0) is 9.26. The van der Waals surface area contributed by atoms with Crippen molar-refractivity contribution in [2.75, 3.05) is 6.54 Å². The van der Waals surface area contributed by atoms with Crippen LogP contribution in [0.1, 0.15) is 32.1 Å². The van der Waals surface area contributed by atoms with E-state index in [0.717, 1.165) is 31.8 Å². The topological polar surface area (TPSA) is 49.3 Å². The van der Waals surface area contributed by atoms with Crippen molar-refractivity contribution in [3.8, 4) is 0 Å². The summed E-state index contributed by atoms with van der Waals surface area (Å²) in [5.41, 5.74) is 0. The van der Waals surface area contributed by atoms with E-state index in [-0.39, 0.29) is 5.92 Å². The molecule has 2 atom stereocenters. The summed E-state index contributed by atoms with van der Waals surface area (Å²) in [5.74, 6) is -0.0541. The molecule has 0 amide bonds. The lowest BCUT2D eigenvalue weighted by atomic mass is 10.1.